The Hall–Kier alpha value is -3.33. The molecule has 30 heavy (non-hydrogen) atoms. The van der Waals surface area contributed by atoms with Gasteiger partial charge in [-0.05, 0) is 24.1 Å². The Labute approximate surface area is 173 Å². The Bertz CT molecular complexity index is 1190. The molecular formula is C21H26N4O5. The summed E-state index contributed by atoms with van der Waals surface area (Å²) in [6.45, 7) is 1.05. The average molecular weight is 414 g/mol. The first-order chi connectivity index (χ1) is 14.4. The van der Waals surface area contributed by atoms with Crippen LogP contribution in [0.1, 0.15) is 16.1 Å². The Morgan fingerprint density at radius 1 is 1.10 bits per heavy atom. The Balaban J connectivity index is 1.93. The third kappa shape index (κ3) is 3.88. The number of rotatable bonds is 8. The van der Waals surface area contributed by atoms with Gasteiger partial charge in [0.1, 0.15) is 17.1 Å². The lowest BCUT2D eigenvalue weighted by Gasteiger charge is -2.13. The minimum absolute atomic E-state index is 0.306. The molecular weight excluding hydrogens is 388 g/mol. The third-order valence-corrected chi connectivity index (χ3v) is 5.12. The number of aromatic nitrogens is 3. The molecule has 0 aliphatic rings. The van der Waals surface area contributed by atoms with E-state index in [1.165, 1.54) is 17.7 Å². The standard InChI is InChI=1S/C21H26N4O5/c1-23-19-15(20(27)24(2)21(23)28)13-16(25(19)11-12-29-3)18(26)22-10-9-14-7-5-6-8-17(14)30-4/h5-8,13H,9-12H2,1-4H3,(H,22,26). The summed E-state index contributed by atoms with van der Waals surface area (Å²) in [5, 5.41) is 3.20. The first-order valence-corrected chi connectivity index (χ1v) is 9.59. The highest BCUT2D eigenvalue weighted by molar-refractivity contribution is 5.97. The Morgan fingerprint density at radius 3 is 2.53 bits per heavy atom. The molecule has 3 aromatic rings. The monoisotopic (exact) mass is 414 g/mol. The zero-order chi connectivity index (χ0) is 21.8. The molecule has 0 atom stereocenters. The minimum Gasteiger partial charge on any atom is -0.496 e. The maximum absolute atomic E-state index is 12.9. The lowest BCUT2D eigenvalue weighted by Crippen LogP contribution is -2.37. The van der Waals surface area contributed by atoms with Gasteiger partial charge in [0.25, 0.3) is 11.5 Å². The van der Waals surface area contributed by atoms with Gasteiger partial charge in [-0.1, -0.05) is 18.2 Å². The van der Waals surface area contributed by atoms with Crippen LogP contribution < -0.4 is 21.3 Å². The number of aryl methyl sites for hydroxylation is 1. The number of fused-ring (bicyclic) bond motifs is 1. The molecule has 0 spiro atoms. The van der Waals surface area contributed by atoms with Crippen LogP contribution in [0.3, 0.4) is 0 Å². The van der Waals surface area contributed by atoms with E-state index in [2.05, 4.69) is 5.32 Å². The number of nitrogens with zero attached hydrogens (tertiary/aromatic N) is 3. The lowest BCUT2D eigenvalue weighted by atomic mass is 10.1. The number of carbonyl (C=O) groups excluding carboxylic acids is 1. The number of amides is 1. The largest absolute Gasteiger partial charge is 0.496 e. The summed E-state index contributed by atoms with van der Waals surface area (Å²) in [5.74, 6) is 0.436. The van der Waals surface area contributed by atoms with Gasteiger partial charge in [-0.15, -0.1) is 0 Å². The molecule has 9 nitrogen and oxygen atoms in total. The topological polar surface area (TPSA) is 96.5 Å². The van der Waals surface area contributed by atoms with Gasteiger partial charge in [0.2, 0.25) is 0 Å². The van der Waals surface area contributed by atoms with E-state index in [1.807, 2.05) is 24.3 Å². The van der Waals surface area contributed by atoms with Gasteiger partial charge >= 0.3 is 5.69 Å². The van der Waals surface area contributed by atoms with Crippen LogP contribution in [0.15, 0.2) is 39.9 Å². The van der Waals surface area contributed by atoms with Gasteiger partial charge in [0.15, 0.2) is 0 Å². The summed E-state index contributed by atoms with van der Waals surface area (Å²) in [6.07, 6.45) is 0.592. The van der Waals surface area contributed by atoms with E-state index in [0.29, 0.717) is 42.8 Å². The summed E-state index contributed by atoms with van der Waals surface area (Å²) in [4.78, 5) is 37.9. The van der Waals surface area contributed by atoms with Gasteiger partial charge in [-0.25, -0.2) is 4.79 Å². The molecule has 1 amide bonds. The highest BCUT2D eigenvalue weighted by atomic mass is 16.5. The van der Waals surface area contributed by atoms with Crippen LogP contribution in [0.2, 0.25) is 0 Å². The van der Waals surface area contributed by atoms with Crippen LogP contribution in [0, 0.1) is 0 Å². The molecule has 0 unspecified atom stereocenters. The van der Waals surface area contributed by atoms with E-state index in [4.69, 9.17) is 9.47 Å². The third-order valence-electron chi connectivity index (χ3n) is 5.12. The van der Waals surface area contributed by atoms with E-state index < -0.39 is 11.2 Å². The number of methoxy groups -OCH3 is 2. The van der Waals surface area contributed by atoms with E-state index in [-0.39, 0.29) is 5.91 Å². The molecule has 2 heterocycles. The van der Waals surface area contributed by atoms with Crippen LogP contribution in [-0.2, 0) is 31.8 Å². The normalized spacial score (nSPS) is 11.1. The Morgan fingerprint density at radius 2 is 1.83 bits per heavy atom. The van der Waals surface area contributed by atoms with Crippen molar-refractivity contribution in [3.05, 3.63) is 62.4 Å². The zero-order valence-corrected chi connectivity index (χ0v) is 17.6. The van der Waals surface area contributed by atoms with Crippen molar-refractivity contribution < 1.29 is 14.3 Å². The molecule has 0 aliphatic carbocycles. The first-order valence-electron chi connectivity index (χ1n) is 9.59. The summed E-state index contributed by atoms with van der Waals surface area (Å²) >= 11 is 0. The van der Waals surface area contributed by atoms with Gasteiger partial charge < -0.3 is 19.4 Å². The van der Waals surface area contributed by atoms with E-state index in [9.17, 15) is 14.4 Å². The molecule has 0 fully saturated rings. The van der Waals surface area contributed by atoms with Crippen LogP contribution in [0.25, 0.3) is 11.0 Å². The molecule has 0 radical (unpaired) electrons. The van der Waals surface area contributed by atoms with Crippen molar-refractivity contribution in [2.75, 3.05) is 27.4 Å². The van der Waals surface area contributed by atoms with Crippen molar-refractivity contribution in [2.45, 2.75) is 13.0 Å². The van der Waals surface area contributed by atoms with Crippen molar-refractivity contribution in [3.8, 4) is 5.75 Å². The Kier molecular flexibility index (Phi) is 6.41. The number of nitrogens with one attached hydrogen (secondary N) is 1. The quantitative estimate of drug-likeness (QED) is 0.584. The number of benzene rings is 1. The zero-order valence-electron chi connectivity index (χ0n) is 17.6. The predicted octanol–water partition coefficient (Wildman–Crippen LogP) is 0.666. The molecule has 160 valence electrons. The summed E-state index contributed by atoms with van der Waals surface area (Å²) in [6, 6.07) is 9.15. The number of ether oxygens (including phenoxy) is 2. The maximum atomic E-state index is 12.9. The minimum atomic E-state index is -0.451. The number of carbonyl (C=O) groups is 1. The number of hydrogen-bond acceptors (Lipinski definition) is 5. The van der Waals surface area contributed by atoms with Crippen LogP contribution in [0.5, 0.6) is 5.75 Å². The van der Waals surface area contributed by atoms with E-state index in [0.717, 1.165) is 15.9 Å². The second kappa shape index (κ2) is 9.00. The fourth-order valence-electron chi connectivity index (χ4n) is 3.55. The molecule has 3 rings (SSSR count). The SMILES string of the molecule is COCCn1c(C(=O)NCCc2ccccc2OC)cc2c(=O)n(C)c(=O)n(C)c21. The molecule has 0 bridgehead atoms. The van der Waals surface area contributed by atoms with Gasteiger partial charge in [0, 0.05) is 34.3 Å². The van der Waals surface area contributed by atoms with Gasteiger partial charge in [-0.2, -0.15) is 0 Å². The van der Waals surface area contributed by atoms with Crippen molar-refractivity contribution in [1.29, 1.82) is 0 Å². The summed E-state index contributed by atoms with van der Waals surface area (Å²) in [7, 11) is 6.16. The van der Waals surface area contributed by atoms with E-state index in [1.54, 1.807) is 25.8 Å². The second-order valence-corrected chi connectivity index (χ2v) is 6.93. The fourth-order valence-corrected chi connectivity index (χ4v) is 3.55. The first kappa shape index (κ1) is 21.4. The molecule has 1 aromatic carbocycles. The number of para-hydroxylation sites is 1. The van der Waals surface area contributed by atoms with Gasteiger partial charge in [0.05, 0.1) is 19.1 Å². The van der Waals surface area contributed by atoms with E-state index >= 15 is 0 Å². The van der Waals surface area contributed by atoms with Crippen molar-refractivity contribution in [2.24, 2.45) is 14.1 Å². The molecule has 2 aromatic heterocycles. The van der Waals surface area contributed by atoms with Crippen LogP contribution >= 0.6 is 0 Å². The van der Waals surface area contributed by atoms with Crippen molar-refractivity contribution in [3.63, 3.8) is 0 Å². The van der Waals surface area contributed by atoms with Crippen LogP contribution in [0.4, 0.5) is 0 Å². The molecule has 1 N–H and O–H groups in total. The highest BCUT2D eigenvalue weighted by Crippen LogP contribution is 2.18. The predicted molar refractivity (Wildman–Crippen MR) is 113 cm³/mol. The fraction of sp³-hybridized carbons (Fsp3) is 0.381. The molecule has 0 saturated carbocycles. The summed E-state index contributed by atoms with van der Waals surface area (Å²) in [5.41, 5.74) is 0.798. The molecule has 0 saturated heterocycles. The maximum Gasteiger partial charge on any atom is 0.332 e. The smallest absolute Gasteiger partial charge is 0.332 e. The van der Waals surface area contributed by atoms with Gasteiger partial charge in [-0.3, -0.25) is 18.7 Å². The van der Waals surface area contributed by atoms with Crippen LogP contribution in [-0.4, -0.2) is 47.0 Å². The van der Waals surface area contributed by atoms with Crippen molar-refractivity contribution >= 4 is 16.9 Å². The number of hydrogen-bond donors (Lipinski definition) is 1. The summed E-state index contributed by atoms with van der Waals surface area (Å²) < 4.78 is 14.5. The second-order valence-electron chi connectivity index (χ2n) is 6.93. The molecule has 0 aliphatic heterocycles. The molecule has 9 heteroatoms. The lowest BCUT2D eigenvalue weighted by molar-refractivity contribution is 0.0942. The van der Waals surface area contributed by atoms with Crippen molar-refractivity contribution in [1.82, 2.24) is 19.0 Å². The highest BCUT2D eigenvalue weighted by Gasteiger charge is 2.21. The average Bonchev–Trinajstić information content (AvgIpc) is 3.14.